The Labute approximate surface area is 109 Å². The molecule has 0 aliphatic carbocycles. The van der Waals surface area contributed by atoms with E-state index in [-0.39, 0.29) is 23.7 Å². The third kappa shape index (κ3) is 3.01. The van der Waals surface area contributed by atoms with Gasteiger partial charge in [0.25, 0.3) is 0 Å². The topological polar surface area (TPSA) is 76.7 Å². The van der Waals surface area contributed by atoms with E-state index < -0.39 is 5.97 Å². The lowest BCUT2D eigenvalue weighted by Gasteiger charge is -2.05. The molecule has 0 radical (unpaired) electrons. The number of rotatable bonds is 5. The van der Waals surface area contributed by atoms with E-state index in [1.165, 1.54) is 19.3 Å². The van der Waals surface area contributed by atoms with Gasteiger partial charge >= 0.3 is 5.97 Å². The molecule has 5 nitrogen and oxygen atoms in total. The fourth-order valence-corrected chi connectivity index (χ4v) is 1.58. The van der Waals surface area contributed by atoms with Crippen LogP contribution in [0.15, 0.2) is 41.0 Å². The number of hydrogen-bond donors (Lipinski definition) is 1. The van der Waals surface area contributed by atoms with Crippen LogP contribution in [0.3, 0.4) is 0 Å². The summed E-state index contributed by atoms with van der Waals surface area (Å²) in [5.41, 5.74) is 0.678. The molecule has 1 heterocycles. The Hall–Kier alpha value is -2.56. The molecule has 0 bridgehead atoms. The van der Waals surface area contributed by atoms with Crippen molar-refractivity contribution >= 4 is 11.8 Å². The average Bonchev–Trinajstić information content (AvgIpc) is 2.85. The molecule has 0 spiro atoms. The molecular weight excluding hydrogens is 248 g/mol. The zero-order valence-corrected chi connectivity index (χ0v) is 10.3. The molecule has 0 saturated carbocycles. The number of hydrogen-bond acceptors (Lipinski definition) is 4. The van der Waals surface area contributed by atoms with E-state index in [1.54, 1.807) is 24.3 Å². The summed E-state index contributed by atoms with van der Waals surface area (Å²) in [7, 11) is 0. The average molecular weight is 260 g/mol. The first-order valence-electron chi connectivity index (χ1n) is 5.61. The fourth-order valence-electron chi connectivity index (χ4n) is 1.58. The van der Waals surface area contributed by atoms with Gasteiger partial charge in [0.1, 0.15) is 17.9 Å². The molecule has 19 heavy (non-hydrogen) atoms. The van der Waals surface area contributed by atoms with Crippen LogP contribution in [0.4, 0.5) is 0 Å². The van der Waals surface area contributed by atoms with Crippen LogP contribution in [0.25, 0.3) is 0 Å². The predicted octanol–water partition coefficient (Wildman–Crippen LogP) is 2.76. The van der Waals surface area contributed by atoms with Crippen molar-refractivity contribution in [2.24, 2.45) is 0 Å². The van der Waals surface area contributed by atoms with Crippen LogP contribution < -0.4 is 4.74 Å². The molecule has 1 aromatic carbocycles. The molecule has 0 aliphatic rings. The van der Waals surface area contributed by atoms with Crippen LogP contribution in [-0.2, 0) is 6.61 Å². The van der Waals surface area contributed by atoms with Gasteiger partial charge in [-0.1, -0.05) is 0 Å². The molecule has 1 N–H and O–H groups in total. The molecule has 98 valence electrons. The second-order valence-corrected chi connectivity index (χ2v) is 3.93. The fraction of sp³-hybridized carbons (Fsp3) is 0.143. The molecule has 5 heteroatoms. The highest BCUT2D eigenvalue weighted by Gasteiger charge is 2.13. The Morgan fingerprint density at radius 3 is 2.47 bits per heavy atom. The van der Waals surface area contributed by atoms with E-state index in [9.17, 15) is 9.59 Å². The number of carboxylic acid groups (broad SMARTS) is 1. The number of benzene rings is 1. The van der Waals surface area contributed by atoms with Crippen LogP contribution in [0.1, 0.15) is 33.4 Å². The van der Waals surface area contributed by atoms with Crippen LogP contribution in [0.2, 0.25) is 0 Å². The number of ketones is 1. The molecule has 0 atom stereocenters. The minimum absolute atomic E-state index is 0.0219. The van der Waals surface area contributed by atoms with Crippen LogP contribution >= 0.6 is 0 Å². The number of furan rings is 1. The number of carbonyl (C=O) groups excluding carboxylic acids is 1. The van der Waals surface area contributed by atoms with Gasteiger partial charge in [0, 0.05) is 5.56 Å². The van der Waals surface area contributed by atoms with Gasteiger partial charge in [-0.3, -0.25) is 4.79 Å². The molecule has 0 amide bonds. The van der Waals surface area contributed by atoms with Gasteiger partial charge in [0.2, 0.25) is 0 Å². The monoisotopic (exact) mass is 260 g/mol. The summed E-state index contributed by atoms with van der Waals surface area (Å²) in [6, 6.07) is 7.98. The van der Waals surface area contributed by atoms with E-state index >= 15 is 0 Å². The maximum Gasteiger partial charge on any atom is 0.339 e. The van der Waals surface area contributed by atoms with Crippen molar-refractivity contribution in [3.63, 3.8) is 0 Å². The highest BCUT2D eigenvalue weighted by molar-refractivity contribution is 5.94. The molecule has 0 aliphatic heterocycles. The van der Waals surface area contributed by atoms with E-state index in [4.69, 9.17) is 14.3 Å². The van der Waals surface area contributed by atoms with Crippen LogP contribution in [0, 0.1) is 0 Å². The lowest BCUT2D eigenvalue weighted by atomic mass is 10.1. The first kappa shape index (κ1) is 12.9. The summed E-state index contributed by atoms with van der Waals surface area (Å²) in [6.07, 6.45) is 1.31. The minimum Gasteiger partial charge on any atom is -0.486 e. The van der Waals surface area contributed by atoms with Crippen molar-refractivity contribution in [3.8, 4) is 5.75 Å². The third-order valence-electron chi connectivity index (χ3n) is 2.61. The van der Waals surface area contributed by atoms with E-state index in [2.05, 4.69) is 0 Å². The van der Waals surface area contributed by atoms with Crippen molar-refractivity contribution in [3.05, 3.63) is 53.5 Å². The maximum absolute atomic E-state index is 11.1. The molecule has 0 unspecified atom stereocenters. The summed E-state index contributed by atoms with van der Waals surface area (Å²) in [5, 5.41) is 8.90. The summed E-state index contributed by atoms with van der Waals surface area (Å²) < 4.78 is 10.5. The Bertz CT molecular complexity index is 595. The van der Waals surface area contributed by atoms with Crippen molar-refractivity contribution in [2.45, 2.75) is 13.5 Å². The van der Waals surface area contributed by atoms with Crippen molar-refractivity contribution in [1.29, 1.82) is 0 Å². The first-order chi connectivity index (χ1) is 9.08. The second kappa shape index (κ2) is 5.39. The quantitative estimate of drug-likeness (QED) is 0.836. The van der Waals surface area contributed by atoms with Gasteiger partial charge in [-0.2, -0.15) is 0 Å². The van der Waals surface area contributed by atoms with Gasteiger partial charge < -0.3 is 14.3 Å². The van der Waals surface area contributed by atoms with Crippen molar-refractivity contribution in [1.82, 2.24) is 0 Å². The Morgan fingerprint density at radius 2 is 1.89 bits per heavy atom. The standard InChI is InChI=1S/C14H12O5/c1-9(15)10-2-4-11(5-3-10)19-8-13-12(14(16)17)6-7-18-13/h2-7H,8H2,1H3,(H,16,17). The molecule has 2 rings (SSSR count). The Morgan fingerprint density at radius 1 is 1.21 bits per heavy atom. The molecular formula is C14H12O5. The van der Waals surface area contributed by atoms with Gasteiger partial charge in [0.15, 0.2) is 11.5 Å². The number of carbonyl (C=O) groups is 2. The van der Waals surface area contributed by atoms with Crippen LogP contribution in [0.5, 0.6) is 5.75 Å². The first-order valence-corrected chi connectivity index (χ1v) is 5.61. The smallest absolute Gasteiger partial charge is 0.339 e. The molecule has 2 aromatic rings. The highest BCUT2D eigenvalue weighted by Crippen LogP contribution is 2.17. The van der Waals surface area contributed by atoms with Crippen molar-refractivity contribution in [2.75, 3.05) is 0 Å². The Kier molecular flexibility index (Phi) is 3.66. The largest absolute Gasteiger partial charge is 0.486 e. The van der Waals surface area contributed by atoms with E-state index in [1.807, 2.05) is 0 Å². The number of carboxylic acids is 1. The predicted molar refractivity (Wildman–Crippen MR) is 66.4 cm³/mol. The summed E-state index contributed by atoms with van der Waals surface area (Å²) in [5.74, 6) is -0.286. The van der Waals surface area contributed by atoms with Gasteiger partial charge in [-0.25, -0.2) is 4.79 Å². The molecule has 0 saturated heterocycles. The lowest BCUT2D eigenvalue weighted by Crippen LogP contribution is -2.02. The number of Topliss-reactive ketones (excluding diaryl/α,β-unsaturated/α-hetero) is 1. The van der Waals surface area contributed by atoms with E-state index in [0.717, 1.165) is 0 Å². The maximum atomic E-state index is 11.1. The minimum atomic E-state index is -1.06. The Balaban J connectivity index is 2.04. The molecule has 0 fully saturated rings. The number of aromatic carboxylic acids is 1. The summed E-state index contributed by atoms with van der Waals surface area (Å²) >= 11 is 0. The summed E-state index contributed by atoms with van der Waals surface area (Å²) in [4.78, 5) is 22.0. The number of ether oxygens (including phenoxy) is 1. The van der Waals surface area contributed by atoms with Crippen LogP contribution in [-0.4, -0.2) is 16.9 Å². The third-order valence-corrected chi connectivity index (χ3v) is 2.61. The SMILES string of the molecule is CC(=O)c1ccc(OCc2occc2C(=O)O)cc1. The zero-order chi connectivity index (χ0) is 13.8. The second-order valence-electron chi connectivity index (χ2n) is 3.93. The molecule has 1 aromatic heterocycles. The van der Waals surface area contributed by atoms with Gasteiger partial charge in [-0.15, -0.1) is 0 Å². The highest BCUT2D eigenvalue weighted by atomic mass is 16.5. The summed E-state index contributed by atoms with van der Waals surface area (Å²) in [6.45, 7) is 1.51. The zero-order valence-electron chi connectivity index (χ0n) is 10.3. The van der Waals surface area contributed by atoms with Gasteiger partial charge in [-0.05, 0) is 37.3 Å². The van der Waals surface area contributed by atoms with E-state index in [0.29, 0.717) is 11.3 Å². The lowest BCUT2D eigenvalue weighted by molar-refractivity contribution is 0.0691. The normalized spacial score (nSPS) is 10.2. The van der Waals surface area contributed by atoms with Crippen molar-refractivity contribution < 1.29 is 23.8 Å². The van der Waals surface area contributed by atoms with Gasteiger partial charge in [0.05, 0.1) is 6.26 Å².